The summed E-state index contributed by atoms with van der Waals surface area (Å²) in [6.45, 7) is 2.84. The lowest BCUT2D eigenvalue weighted by Crippen LogP contribution is -2.36. The van der Waals surface area contributed by atoms with Gasteiger partial charge in [0.2, 0.25) is 0 Å². The van der Waals surface area contributed by atoms with E-state index in [1.165, 1.54) is 19.2 Å². The van der Waals surface area contributed by atoms with Crippen molar-refractivity contribution in [3.05, 3.63) is 51.7 Å². The van der Waals surface area contributed by atoms with E-state index in [0.717, 1.165) is 12.0 Å². The third kappa shape index (κ3) is 4.28. The van der Waals surface area contributed by atoms with Gasteiger partial charge in [-0.1, -0.05) is 13.0 Å². The zero-order valence-electron chi connectivity index (χ0n) is 13.3. The second-order valence-electron chi connectivity index (χ2n) is 5.33. The highest BCUT2D eigenvalue weighted by Gasteiger charge is 2.21. The Hall–Kier alpha value is -1.50. The summed E-state index contributed by atoms with van der Waals surface area (Å²) in [5, 5.41) is 13.6. The van der Waals surface area contributed by atoms with Crippen molar-refractivity contribution in [1.82, 2.24) is 4.90 Å². The second-order valence-corrected chi connectivity index (χ2v) is 6.12. The van der Waals surface area contributed by atoms with Crippen LogP contribution in [0.2, 0.25) is 0 Å². The van der Waals surface area contributed by atoms with E-state index < -0.39 is 11.6 Å². The summed E-state index contributed by atoms with van der Waals surface area (Å²) in [6, 6.07) is 4.55. The van der Waals surface area contributed by atoms with Gasteiger partial charge in [-0.2, -0.15) is 11.3 Å². The first kappa shape index (κ1) is 17.8. The first-order valence-electron chi connectivity index (χ1n) is 7.47. The van der Waals surface area contributed by atoms with Gasteiger partial charge in [0.1, 0.15) is 0 Å². The van der Waals surface area contributed by atoms with Crippen LogP contribution in [0, 0.1) is 11.6 Å². The van der Waals surface area contributed by atoms with E-state index in [2.05, 4.69) is 0 Å². The van der Waals surface area contributed by atoms with Gasteiger partial charge >= 0.3 is 0 Å². The Kier molecular flexibility index (Phi) is 6.50. The normalized spacial score (nSPS) is 12.6. The largest absolute Gasteiger partial charge is 0.491 e. The molecule has 2 rings (SSSR count). The molecule has 0 fully saturated rings. The fraction of sp³-hybridized carbons (Fsp3) is 0.412. The molecule has 0 aliphatic heterocycles. The zero-order chi connectivity index (χ0) is 16.8. The Morgan fingerprint density at radius 2 is 2.04 bits per heavy atom. The lowest BCUT2D eigenvalue weighted by atomic mass is 10.1. The van der Waals surface area contributed by atoms with Gasteiger partial charge in [0.15, 0.2) is 17.4 Å². The van der Waals surface area contributed by atoms with Gasteiger partial charge in [0.05, 0.1) is 13.7 Å². The van der Waals surface area contributed by atoms with Gasteiger partial charge in [-0.15, -0.1) is 0 Å². The van der Waals surface area contributed by atoms with E-state index in [1.807, 2.05) is 28.7 Å². The molecule has 0 saturated heterocycles. The van der Waals surface area contributed by atoms with Crippen LogP contribution in [0.25, 0.3) is 0 Å². The predicted octanol–water partition coefficient (Wildman–Crippen LogP) is 3.81. The van der Waals surface area contributed by atoms with Crippen LogP contribution in [0.4, 0.5) is 8.78 Å². The number of rotatable bonds is 8. The monoisotopic (exact) mass is 341 g/mol. The van der Waals surface area contributed by atoms with Gasteiger partial charge in [0, 0.05) is 24.7 Å². The number of hydrogen-bond acceptors (Lipinski definition) is 4. The number of nitrogens with zero attached hydrogens (tertiary/aromatic N) is 1. The number of benzene rings is 1. The topological polar surface area (TPSA) is 32.7 Å². The van der Waals surface area contributed by atoms with Crippen LogP contribution >= 0.6 is 11.3 Å². The standard InChI is InChI=1S/C17H21F2NO2S/c1-3-14(10-21)20(8-12-6-7-23-11-12)9-13-4-5-15(18)17(22-2)16(13)19/h4-7,11,14,21H,3,8-10H2,1-2H3. The third-order valence-corrected chi connectivity index (χ3v) is 4.60. The molecular formula is C17H21F2NO2S. The molecule has 0 aliphatic carbocycles. The second kappa shape index (κ2) is 8.38. The van der Waals surface area contributed by atoms with E-state index in [9.17, 15) is 13.9 Å². The average Bonchev–Trinajstić information content (AvgIpc) is 3.04. The highest BCUT2D eigenvalue weighted by Crippen LogP contribution is 2.26. The van der Waals surface area contributed by atoms with Crippen molar-refractivity contribution in [2.24, 2.45) is 0 Å². The molecule has 6 heteroatoms. The highest BCUT2D eigenvalue weighted by molar-refractivity contribution is 7.07. The van der Waals surface area contributed by atoms with E-state index in [4.69, 9.17) is 4.74 Å². The Balaban J connectivity index is 2.26. The van der Waals surface area contributed by atoms with Gasteiger partial charge < -0.3 is 9.84 Å². The van der Waals surface area contributed by atoms with Crippen LogP contribution in [0.15, 0.2) is 29.0 Å². The number of hydrogen-bond donors (Lipinski definition) is 1. The summed E-state index contributed by atoms with van der Waals surface area (Å²) in [4.78, 5) is 2.00. The van der Waals surface area contributed by atoms with Crippen LogP contribution in [-0.4, -0.2) is 29.8 Å². The van der Waals surface area contributed by atoms with Crippen molar-refractivity contribution in [2.45, 2.75) is 32.5 Å². The van der Waals surface area contributed by atoms with Crippen molar-refractivity contribution in [1.29, 1.82) is 0 Å². The minimum absolute atomic E-state index is 0.0133. The van der Waals surface area contributed by atoms with Crippen molar-refractivity contribution in [3.63, 3.8) is 0 Å². The fourth-order valence-electron chi connectivity index (χ4n) is 2.54. The average molecular weight is 341 g/mol. The number of aliphatic hydroxyl groups is 1. The van der Waals surface area contributed by atoms with E-state index in [1.54, 1.807) is 11.3 Å². The van der Waals surface area contributed by atoms with Gasteiger partial charge in [-0.3, -0.25) is 4.90 Å². The first-order chi connectivity index (χ1) is 11.1. The lowest BCUT2D eigenvalue weighted by Gasteiger charge is -2.30. The molecule has 1 aromatic carbocycles. The molecule has 23 heavy (non-hydrogen) atoms. The zero-order valence-corrected chi connectivity index (χ0v) is 14.1. The smallest absolute Gasteiger partial charge is 0.190 e. The molecule has 1 atom stereocenters. The Bertz CT molecular complexity index is 615. The van der Waals surface area contributed by atoms with Gasteiger partial charge in [0.25, 0.3) is 0 Å². The molecule has 3 nitrogen and oxygen atoms in total. The summed E-state index contributed by atoms with van der Waals surface area (Å²) in [6.07, 6.45) is 0.737. The summed E-state index contributed by atoms with van der Waals surface area (Å²) in [7, 11) is 1.25. The molecule has 0 radical (unpaired) electrons. The number of halogens is 2. The summed E-state index contributed by atoms with van der Waals surface area (Å²) < 4.78 is 32.7. The number of methoxy groups -OCH3 is 1. The molecule has 0 saturated carbocycles. The molecule has 1 N–H and O–H groups in total. The molecule has 0 aliphatic rings. The van der Waals surface area contributed by atoms with Gasteiger partial charge in [-0.25, -0.2) is 8.78 Å². The SMILES string of the molecule is CCC(CO)N(Cc1ccsc1)Cc1ccc(F)c(OC)c1F. The van der Waals surface area contributed by atoms with Crippen molar-refractivity contribution < 1.29 is 18.6 Å². The van der Waals surface area contributed by atoms with Crippen LogP contribution in [0.1, 0.15) is 24.5 Å². The molecule has 126 valence electrons. The maximum absolute atomic E-state index is 14.4. The summed E-state index contributed by atoms with van der Waals surface area (Å²) >= 11 is 1.59. The van der Waals surface area contributed by atoms with Crippen molar-refractivity contribution in [2.75, 3.05) is 13.7 Å². The highest BCUT2D eigenvalue weighted by atomic mass is 32.1. The van der Waals surface area contributed by atoms with E-state index in [-0.39, 0.29) is 24.9 Å². The molecule has 1 unspecified atom stereocenters. The molecule has 0 amide bonds. The quantitative estimate of drug-likeness (QED) is 0.792. The molecule has 2 aromatic rings. The van der Waals surface area contributed by atoms with Crippen LogP contribution in [0.5, 0.6) is 5.75 Å². The molecule has 0 spiro atoms. The molecular weight excluding hydrogens is 320 g/mol. The van der Waals surface area contributed by atoms with Gasteiger partial charge in [-0.05, 0) is 34.9 Å². The maximum atomic E-state index is 14.4. The lowest BCUT2D eigenvalue weighted by molar-refractivity contribution is 0.105. The van der Waals surface area contributed by atoms with Crippen LogP contribution < -0.4 is 4.74 Å². The van der Waals surface area contributed by atoms with E-state index >= 15 is 0 Å². The van der Waals surface area contributed by atoms with Crippen LogP contribution in [-0.2, 0) is 13.1 Å². The number of thiophene rings is 1. The number of ether oxygens (including phenoxy) is 1. The Morgan fingerprint density at radius 1 is 1.26 bits per heavy atom. The van der Waals surface area contributed by atoms with E-state index in [0.29, 0.717) is 12.1 Å². The van der Waals surface area contributed by atoms with Crippen molar-refractivity contribution in [3.8, 4) is 5.75 Å². The molecule has 0 bridgehead atoms. The van der Waals surface area contributed by atoms with Crippen LogP contribution in [0.3, 0.4) is 0 Å². The molecule has 1 heterocycles. The Labute approximate surface area is 139 Å². The summed E-state index contributed by atoms with van der Waals surface area (Å²) in [5.74, 6) is -1.77. The Morgan fingerprint density at radius 3 is 2.61 bits per heavy atom. The third-order valence-electron chi connectivity index (χ3n) is 3.87. The number of aliphatic hydroxyl groups excluding tert-OH is 1. The minimum atomic E-state index is -0.715. The predicted molar refractivity (Wildman–Crippen MR) is 87.6 cm³/mol. The first-order valence-corrected chi connectivity index (χ1v) is 8.41. The molecule has 1 aromatic heterocycles. The maximum Gasteiger partial charge on any atom is 0.190 e. The fourth-order valence-corrected chi connectivity index (χ4v) is 3.20. The minimum Gasteiger partial charge on any atom is -0.491 e. The van der Waals surface area contributed by atoms with Crippen molar-refractivity contribution >= 4 is 11.3 Å². The summed E-state index contributed by atoms with van der Waals surface area (Å²) in [5.41, 5.74) is 1.46.